The molecule has 0 spiro atoms. The van der Waals surface area contributed by atoms with E-state index in [4.69, 9.17) is 22.6 Å². The maximum atomic E-state index is 8.73. The van der Waals surface area contributed by atoms with Crippen LogP contribution in [0.4, 0.5) is 5.82 Å². The second kappa shape index (κ2) is 2.86. The van der Waals surface area contributed by atoms with Crippen molar-refractivity contribution >= 4 is 28.5 Å². The number of anilines is 1. The van der Waals surface area contributed by atoms with Gasteiger partial charge in [0, 0.05) is 7.05 Å². The zero-order valence-electron chi connectivity index (χ0n) is 7.32. The molecule has 2 aromatic rings. The molecule has 0 bridgehead atoms. The normalized spacial score (nSPS) is 10.4. The summed E-state index contributed by atoms with van der Waals surface area (Å²) in [6, 6.07) is 3.53. The Labute approximate surface area is 84.7 Å². The molecule has 5 nitrogen and oxygen atoms in total. The van der Waals surface area contributed by atoms with Crippen LogP contribution in [-0.2, 0) is 7.05 Å². The van der Waals surface area contributed by atoms with E-state index >= 15 is 0 Å². The summed E-state index contributed by atoms with van der Waals surface area (Å²) in [4.78, 5) is 4.03. The van der Waals surface area contributed by atoms with Crippen LogP contribution in [0.3, 0.4) is 0 Å². The van der Waals surface area contributed by atoms with Gasteiger partial charge in [0.25, 0.3) is 0 Å². The minimum absolute atomic E-state index is 0.169. The van der Waals surface area contributed by atoms with Gasteiger partial charge in [0.05, 0.1) is 10.9 Å². The number of nitrogens with two attached hydrogens (primary N) is 1. The zero-order chi connectivity index (χ0) is 10.3. The van der Waals surface area contributed by atoms with Crippen molar-refractivity contribution in [3.8, 4) is 6.07 Å². The molecule has 0 unspecified atom stereocenters. The summed E-state index contributed by atoms with van der Waals surface area (Å²) in [5.41, 5.74) is 6.51. The first kappa shape index (κ1) is 8.78. The SMILES string of the molecule is Cn1nc(N)c2cc(C#N)c(Cl)nc21. The van der Waals surface area contributed by atoms with Crippen LogP contribution in [0.25, 0.3) is 11.0 Å². The smallest absolute Gasteiger partial charge is 0.161 e. The van der Waals surface area contributed by atoms with E-state index in [1.807, 2.05) is 6.07 Å². The number of nitrogens with zero attached hydrogens (tertiary/aromatic N) is 4. The Kier molecular flexibility index (Phi) is 1.79. The summed E-state index contributed by atoms with van der Waals surface area (Å²) in [7, 11) is 1.72. The van der Waals surface area contributed by atoms with Crippen LogP contribution >= 0.6 is 11.6 Å². The highest BCUT2D eigenvalue weighted by Crippen LogP contribution is 2.23. The maximum absolute atomic E-state index is 8.73. The van der Waals surface area contributed by atoms with Crippen molar-refractivity contribution in [2.45, 2.75) is 0 Å². The summed E-state index contributed by atoms with van der Waals surface area (Å²) in [5, 5.41) is 13.5. The fourth-order valence-corrected chi connectivity index (χ4v) is 1.44. The molecule has 0 radical (unpaired) electrons. The van der Waals surface area contributed by atoms with Gasteiger partial charge in [0.2, 0.25) is 0 Å². The van der Waals surface area contributed by atoms with Crippen LogP contribution in [0.2, 0.25) is 5.15 Å². The first-order valence-electron chi connectivity index (χ1n) is 3.82. The van der Waals surface area contributed by atoms with Gasteiger partial charge in [-0.3, -0.25) is 0 Å². The van der Waals surface area contributed by atoms with Gasteiger partial charge >= 0.3 is 0 Å². The second-order valence-electron chi connectivity index (χ2n) is 2.82. The van der Waals surface area contributed by atoms with Gasteiger partial charge in [-0.2, -0.15) is 10.4 Å². The highest BCUT2D eigenvalue weighted by Gasteiger charge is 2.10. The molecule has 0 atom stereocenters. The van der Waals surface area contributed by atoms with Crippen molar-refractivity contribution < 1.29 is 0 Å². The number of aromatic nitrogens is 3. The van der Waals surface area contributed by atoms with Crippen molar-refractivity contribution in [1.29, 1.82) is 5.26 Å². The number of aryl methyl sites for hydroxylation is 1. The molecular weight excluding hydrogens is 202 g/mol. The number of halogens is 1. The Bertz CT molecular complexity index is 551. The second-order valence-corrected chi connectivity index (χ2v) is 3.18. The van der Waals surface area contributed by atoms with E-state index in [0.29, 0.717) is 22.4 Å². The lowest BCUT2D eigenvalue weighted by Crippen LogP contribution is -1.93. The molecule has 2 aromatic heterocycles. The quantitative estimate of drug-likeness (QED) is 0.656. The number of nitrogen functional groups attached to an aromatic ring is 1. The molecule has 0 aliphatic heterocycles. The van der Waals surface area contributed by atoms with Crippen LogP contribution in [0.15, 0.2) is 6.07 Å². The lowest BCUT2D eigenvalue weighted by molar-refractivity contribution is 0.791. The molecule has 0 fully saturated rings. The molecule has 0 aliphatic rings. The molecule has 0 saturated heterocycles. The molecule has 2 rings (SSSR count). The molecule has 2 N–H and O–H groups in total. The van der Waals surface area contributed by atoms with Gasteiger partial charge < -0.3 is 5.73 Å². The van der Waals surface area contributed by atoms with Crippen molar-refractivity contribution in [2.24, 2.45) is 7.05 Å². The predicted molar refractivity (Wildman–Crippen MR) is 52.6 cm³/mol. The number of hydrogen-bond donors (Lipinski definition) is 1. The highest BCUT2D eigenvalue weighted by molar-refractivity contribution is 6.31. The van der Waals surface area contributed by atoms with E-state index in [-0.39, 0.29) is 5.15 Å². The first-order chi connectivity index (χ1) is 6.63. The standard InChI is InChI=1S/C8H6ClN5/c1-14-8-5(7(11)13-14)2-4(3-10)6(9)12-8/h2H,1H3,(H2,11,13). The van der Waals surface area contributed by atoms with Gasteiger partial charge in [-0.25, -0.2) is 9.67 Å². The molecule has 70 valence electrons. The van der Waals surface area contributed by atoms with Crippen molar-refractivity contribution in [2.75, 3.05) is 5.73 Å². The number of fused-ring (bicyclic) bond motifs is 1. The van der Waals surface area contributed by atoms with Crippen LogP contribution in [0.5, 0.6) is 0 Å². The largest absolute Gasteiger partial charge is 0.382 e. The number of hydrogen-bond acceptors (Lipinski definition) is 4. The van der Waals surface area contributed by atoms with E-state index in [2.05, 4.69) is 10.1 Å². The predicted octanol–water partition coefficient (Wildman–Crippen LogP) is 1.08. The molecule has 0 amide bonds. The minimum Gasteiger partial charge on any atom is -0.382 e. The van der Waals surface area contributed by atoms with Crippen molar-refractivity contribution in [1.82, 2.24) is 14.8 Å². The Hall–Kier alpha value is -1.80. The summed E-state index contributed by atoms with van der Waals surface area (Å²) >= 11 is 5.77. The van der Waals surface area contributed by atoms with Crippen LogP contribution in [0, 0.1) is 11.3 Å². The Morgan fingerprint density at radius 3 is 3.00 bits per heavy atom. The summed E-state index contributed by atoms with van der Waals surface area (Å²) < 4.78 is 1.53. The number of rotatable bonds is 0. The average molecular weight is 208 g/mol. The number of nitriles is 1. The molecular formula is C8H6ClN5. The summed E-state index contributed by atoms with van der Waals surface area (Å²) in [6.45, 7) is 0. The van der Waals surface area contributed by atoms with Gasteiger partial charge in [0.1, 0.15) is 11.2 Å². The van der Waals surface area contributed by atoms with E-state index < -0.39 is 0 Å². The average Bonchev–Trinajstić information content (AvgIpc) is 2.41. The van der Waals surface area contributed by atoms with Gasteiger partial charge in [0.15, 0.2) is 11.5 Å². The fourth-order valence-electron chi connectivity index (χ4n) is 1.26. The minimum atomic E-state index is 0.169. The van der Waals surface area contributed by atoms with E-state index in [1.54, 1.807) is 13.1 Å². The highest BCUT2D eigenvalue weighted by atomic mass is 35.5. The third-order valence-corrected chi connectivity index (χ3v) is 2.20. The van der Waals surface area contributed by atoms with Gasteiger partial charge in [-0.05, 0) is 6.07 Å². The van der Waals surface area contributed by atoms with Gasteiger partial charge in [-0.1, -0.05) is 11.6 Å². The zero-order valence-corrected chi connectivity index (χ0v) is 8.08. The Morgan fingerprint density at radius 2 is 2.36 bits per heavy atom. The maximum Gasteiger partial charge on any atom is 0.161 e. The summed E-state index contributed by atoms with van der Waals surface area (Å²) in [6.07, 6.45) is 0. The van der Waals surface area contributed by atoms with Crippen molar-refractivity contribution in [3.05, 3.63) is 16.8 Å². The van der Waals surface area contributed by atoms with E-state index in [1.165, 1.54) is 4.68 Å². The lowest BCUT2D eigenvalue weighted by Gasteiger charge is -1.95. The molecule has 6 heteroatoms. The molecule has 0 saturated carbocycles. The Morgan fingerprint density at radius 1 is 1.64 bits per heavy atom. The molecule has 14 heavy (non-hydrogen) atoms. The topological polar surface area (TPSA) is 80.5 Å². The van der Waals surface area contributed by atoms with E-state index in [0.717, 1.165) is 0 Å². The first-order valence-corrected chi connectivity index (χ1v) is 4.20. The van der Waals surface area contributed by atoms with Crippen LogP contribution in [-0.4, -0.2) is 14.8 Å². The molecule has 0 aromatic carbocycles. The van der Waals surface area contributed by atoms with Crippen LogP contribution in [0.1, 0.15) is 5.56 Å². The fraction of sp³-hybridized carbons (Fsp3) is 0.125. The monoisotopic (exact) mass is 207 g/mol. The summed E-state index contributed by atoms with van der Waals surface area (Å²) in [5.74, 6) is 0.350. The third kappa shape index (κ3) is 1.09. The number of pyridine rings is 1. The van der Waals surface area contributed by atoms with Crippen LogP contribution < -0.4 is 5.73 Å². The Balaban J connectivity index is 2.91. The van der Waals surface area contributed by atoms with Gasteiger partial charge in [-0.15, -0.1) is 0 Å². The molecule has 2 heterocycles. The third-order valence-electron chi connectivity index (χ3n) is 1.92. The van der Waals surface area contributed by atoms with E-state index in [9.17, 15) is 0 Å². The molecule has 0 aliphatic carbocycles. The van der Waals surface area contributed by atoms with Crippen molar-refractivity contribution in [3.63, 3.8) is 0 Å². The lowest BCUT2D eigenvalue weighted by atomic mass is 10.2.